The second kappa shape index (κ2) is 4.87. The molecule has 0 saturated heterocycles. The molecule has 2 aromatic rings. The van der Waals surface area contributed by atoms with E-state index in [1.165, 1.54) is 22.4 Å². The molecule has 2 aromatic carbocycles. The van der Waals surface area contributed by atoms with Crippen LogP contribution in [0.1, 0.15) is 22.7 Å². The quantitative estimate of drug-likeness (QED) is 0.904. The largest absolute Gasteiger partial charge is 0.359 e. The van der Waals surface area contributed by atoms with Gasteiger partial charge in [-0.25, -0.2) is 0 Å². The van der Waals surface area contributed by atoms with E-state index in [4.69, 9.17) is 17.3 Å². The fourth-order valence-corrected chi connectivity index (χ4v) is 3.04. The van der Waals surface area contributed by atoms with Crippen molar-refractivity contribution < 1.29 is 0 Å². The minimum Gasteiger partial charge on any atom is -0.359 e. The van der Waals surface area contributed by atoms with Gasteiger partial charge in [-0.2, -0.15) is 0 Å². The van der Waals surface area contributed by atoms with Crippen LogP contribution in [0.15, 0.2) is 42.5 Å². The van der Waals surface area contributed by atoms with Crippen LogP contribution in [0.4, 0.5) is 5.69 Å². The number of benzene rings is 2. The minimum absolute atomic E-state index is 0.244. The summed E-state index contributed by atoms with van der Waals surface area (Å²) in [7, 11) is 0. The minimum atomic E-state index is 0.244. The Morgan fingerprint density at radius 1 is 1.21 bits per heavy atom. The Balaban J connectivity index is 2.06. The first-order valence-electron chi connectivity index (χ1n) is 6.52. The summed E-state index contributed by atoms with van der Waals surface area (Å²) in [6.45, 7) is 3.58. The topological polar surface area (TPSA) is 29.3 Å². The van der Waals surface area contributed by atoms with Crippen LogP contribution in [0.5, 0.6) is 0 Å². The van der Waals surface area contributed by atoms with Crippen LogP contribution in [-0.4, -0.2) is 6.54 Å². The predicted octanol–water partition coefficient (Wildman–Crippen LogP) is 3.67. The second-order valence-corrected chi connectivity index (χ2v) is 5.36. The van der Waals surface area contributed by atoms with Gasteiger partial charge in [-0.05, 0) is 41.8 Å². The third-order valence-corrected chi connectivity index (χ3v) is 4.35. The van der Waals surface area contributed by atoms with Crippen molar-refractivity contribution in [2.24, 2.45) is 5.73 Å². The zero-order valence-corrected chi connectivity index (χ0v) is 11.7. The number of fused-ring (bicyclic) bond motifs is 1. The Morgan fingerprint density at radius 2 is 1.95 bits per heavy atom. The number of hydrogen-bond donors (Lipinski definition) is 1. The van der Waals surface area contributed by atoms with E-state index in [9.17, 15) is 0 Å². The summed E-state index contributed by atoms with van der Waals surface area (Å²) in [6, 6.07) is 14.8. The lowest BCUT2D eigenvalue weighted by atomic mass is 10.0. The highest BCUT2D eigenvalue weighted by Gasteiger charge is 2.30. The summed E-state index contributed by atoms with van der Waals surface area (Å²) in [5.74, 6) is 0. The molecule has 0 aliphatic carbocycles. The maximum atomic E-state index is 6.23. The van der Waals surface area contributed by atoms with Crippen LogP contribution in [0, 0.1) is 6.92 Å². The van der Waals surface area contributed by atoms with Crippen LogP contribution in [-0.2, 0) is 6.54 Å². The molecule has 2 N–H and O–H groups in total. The lowest BCUT2D eigenvalue weighted by Crippen LogP contribution is -2.27. The Morgan fingerprint density at radius 3 is 2.63 bits per heavy atom. The van der Waals surface area contributed by atoms with Crippen molar-refractivity contribution >= 4 is 17.3 Å². The average molecular weight is 273 g/mol. The number of hydrogen-bond acceptors (Lipinski definition) is 2. The fourth-order valence-electron chi connectivity index (χ4n) is 2.86. The maximum Gasteiger partial charge on any atom is 0.0672 e. The normalized spacial score (nSPS) is 17.6. The van der Waals surface area contributed by atoms with E-state index in [-0.39, 0.29) is 6.04 Å². The molecule has 0 radical (unpaired) electrons. The van der Waals surface area contributed by atoms with Gasteiger partial charge >= 0.3 is 0 Å². The van der Waals surface area contributed by atoms with Crippen LogP contribution < -0.4 is 10.6 Å². The van der Waals surface area contributed by atoms with E-state index in [0.717, 1.165) is 11.6 Å². The highest BCUT2D eigenvalue weighted by atomic mass is 35.5. The molecule has 0 saturated carbocycles. The number of anilines is 1. The molecule has 0 amide bonds. The van der Waals surface area contributed by atoms with Crippen molar-refractivity contribution in [1.82, 2.24) is 0 Å². The highest BCUT2D eigenvalue weighted by Crippen LogP contribution is 2.39. The molecule has 3 heteroatoms. The molecule has 0 spiro atoms. The Bertz CT molecular complexity index is 595. The molecule has 0 bridgehead atoms. The molecule has 1 aliphatic heterocycles. The molecule has 0 fully saturated rings. The first kappa shape index (κ1) is 12.5. The van der Waals surface area contributed by atoms with Crippen LogP contribution in [0.25, 0.3) is 0 Å². The van der Waals surface area contributed by atoms with Gasteiger partial charge in [-0.15, -0.1) is 0 Å². The van der Waals surface area contributed by atoms with Gasteiger partial charge in [0.05, 0.1) is 6.04 Å². The molecular weight excluding hydrogens is 256 g/mol. The first-order valence-corrected chi connectivity index (χ1v) is 6.90. The average Bonchev–Trinajstić information content (AvgIpc) is 2.83. The molecule has 1 unspecified atom stereocenters. The molecule has 98 valence electrons. The SMILES string of the molecule is Cc1c(Cl)ccc2c1CN(c1ccccc1)C2CN. The van der Waals surface area contributed by atoms with E-state index in [0.29, 0.717) is 6.54 Å². The molecule has 0 aromatic heterocycles. The summed E-state index contributed by atoms with van der Waals surface area (Å²) in [5.41, 5.74) is 11.0. The highest BCUT2D eigenvalue weighted by molar-refractivity contribution is 6.31. The summed E-state index contributed by atoms with van der Waals surface area (Å²) in [6.07, 6.45) is 0. The third kappa shape index (κ3) is 2.01. The Hall–Kier alpha value is -1.51. The van der Waals surface area contributed by atoms with Gasteiger partial charge in [0, 0.05) is 23.8 Å². The van der Waals surface area contributed by atoms with Crippen molar-refractivity contribution in [3.63, 3.8) is 0 Å². The van der Waals surface area contributed by atoms with E-state index >= 15 is 0 Å². The van der Waals surface area contributed by atoms with Gasteiger partial charge in [0.15, 0.2) is 0 Å². The number of nitrogens with two attached hydrogens (primary N) is 1. The number of rotatable bonds is 2. The van der Waals surface area contributed by atoms with E-state index in [1.54, 1.807) is 0 Å². The first-order chi connectivity index (χ1) is 9.22. The van der Waals surface area contributed by atoms with Gasteiger partial charge in [0.1, 0.15) is 0 Å². The standard InChI is InChI=1S/C16H17ClN2/c1-11-14-10-19(12-5-3-2-4-6-12)16(9-18)13(14)7-8-15(11)17/h2-8,16H,9-10,18H2,1H3. The summed E-state index contributed by atoms with van der Waals surface area (Å²) < 4.78 is 0. The van der Waals surface area contributed by atoms with Gasteiger partial charge < -0.3 is 10.6 Å². The summed E-state index contributed by atoms with van der Waals surface area (Å²) >= 11 is 6.23. The van der Waals surface area contributed by atoms with E-state index in [1.807, 2.05) is 12.1 Å². The van der Waals surface area contributed by atoms with Gasteiger partial charge in [-0.1, -0.05) is 35.9 Å². The van der Waals surface area contributed by atoms with E-state index < -0.39 is 0 Å². The summed E-state index contributed by atoms with van der Waals surface area (Å²) in [5, 5.41) is 0.837. The van der Waals surface area contributed by atoms with Crippen molar-refractivity contribution in [1.29, 1.82) is 0 Å². The molecule has 19 heavy (non-hydrogen) atoms. The number of halogens is 1. The Kier molecular flexibility index (Phi) is 3.21. The lowest BCUT2D eigenvalue weighted by molar-refractivity contribution is 0.679. The van der Waals surface area contributed by atoms with Crippen molar-refractivity contribution in [2.45, 2.75) is 19.5 Å². The fraction of sp³-hybridized carbons (Fsp3) is 0.250. The van der Waals surface area contributed by atoms with E-state index in [2.05, 4.69) is 42.2 Å². The molecule has 1 atom stereocenters. The molecule has 3 rings (SSSR count). The van der Waals surface area contributed by atoms with Crippen molar-refractivity contribution in [2.75, 3.05) is 11.4 Å². The van der Waals surface area contributed by atoms with Gasteiger partial charge in [0.25, 0.3) is 0 Å². The van der Waals surface area contributed by atoms with Crippen LogP contribution in [0.2, 0.25) is 5.02 Å². The lowest BCUT2D eigenvalue weighted by Gasteiger charge is -2.26. The monoisotopic (exact) mass is 272 g/mol. The molecule has 2 nitrogen and oxygen atoms in total. The molecule has 1 heterocycles. The van der Waals surface area contributed by atoms with Crippen LogP contribution in [0.3, 0.4) is 0 Å². The van der Waals surface area contributed by atoms with Crippen LogP contribution >= 0.6 is 11.6 Å². The summed E-state index contributed by atoms with van der Waals surface area (Å²) in [4.78, 5) is 2.36. The zero-order valence-electron chi connectivity index (χ0n) is 10.9. The maximum absolute atomic E-state index is 6.23. The zero-order chi connectivity index (χ0) is 13.4. The van der Waals surface area contributed by atoms with Crippen molar-refractivity contribution in [3.05, 3.63) is 64.2 Å². The Labute approximate surface area is 118 Å². The smallest absolute Gasteiger partial charge is 0.0672 e. The van der Waals surface area contributed by atoms with Gasteiger partial charge in [0.2, 0.25) is 0 Å². The molecular formula is C16H17ClN2. The van der Waals surface area contributed by atoms with Gasteiger partial charge in [-0.3, -0.25) is 0 Å². The number of para-hydroxylation sites is 1. The van der Waals surface area contributed by atoms with Crippen molar-refractivity contribution in [3.8, 4) is 0 Å². The predicted molar refractivity (Wildman–Crippen MR) is 80.6 cm³/mol. The molecule has 1 aliphatic rings. The number of nitrogens with zero attached hydrogens (tertiary/aromatic N) is 1. The third-order valence-electron chi connectivity index (χ3n) is 3.94. The second-order valence-electron chi connectivity index (χ2n) is 4.96.